The number of phenolic OH excluding ortho intramolecular Hbond substituents is 1. The average molecular weight is 300 g/mol. The summed E-state index contributed by atoms with van der Waals surface area (Å²) in [7, 11) is 0. The van der Waals surface area contributed by atoms with Crippen LogP contribution in [0.2, 0.25) is 0 Å². The van der Waals surface area contributed by atoms with Gasteiger partial charge in [-0.15, -0.1) is 0 Å². The van der Waals surface area contributed by atoms with E-state index < -0.39 is 11.6 Å². The molecular formula is C15H12N2O5. The van der Waals surface area contributed by atoms with E-state index in [9.17, 15) is 14.7 Å². The van der Waals surface area contributed by atoms with Crippen LogP contribution in [0, 0.1) is 11.3 Å². The van der Waals surface area contributed by atoms with Gasteiger partial charge < -0.3 is 19.6 Å². The second kappa shape index (κ2) is 6.45. The Bertz CT molecular complexity index is 845. The lowest BCUT2D eigenvalue weighted by molar-refractivity contribution is -0.138. The summed E-state index contributed by atoms with van der Waals surface area (Å²) in [5.41, 5.74) is -0.691. The molecule has 2 N–H and O–H groups in total. The Kier molecular flexibility index (Phi) is 4.44. The summed E-state index contributed by atoms with van der Waals surface area (Å²) < 4.78 is 9.74. The first-order valence-corrected chi connectivity index (χ1v) is 6.36. The van der Waals surface area contributed by atoms with Crippen molar-refractivity contribution in [3.63, 3.8) is 0 Å². The number of nitriles is 1. The molecular weight excluding hydrogens is 288 g/mol. The molecule has 0 aliphatic carbocycles. The number of benzene rings is 1. The van der Waals surface area contributed by atoms with Gasteiger partial charge in [-0.05, 0) is 25.1 Å². The Morgan fingerprint density at radius 2 is 2.27 bits per heavy atom. The molecule has 0 aliphatic rings. The number of aromatic hydroxyl groups is 1. The number of fused-ring (bicyclic) bond motifs is 1. The van der Waals surface area contributed by atoms with Gasteiger partial charge in [-0.2, -0.15) is 5.26 Å². The SMILES string of the molecule is CCOC(=O)/C(C#N)=C\Nc1cc2ccc(O)cc2oc1=O. The molecule has 22 heavy (non-hydrogen) atoms. The highest BCUT2D eigenvalue weighted by Crippen LogP contribution is 2.20. The number of phenols is 1. The molecule has 2 rings (SSSR count). The maximum Gasteiger partial charge on any atom is 0.360 e. The number of anilines is 1. The Morgan fingerprint density at radius 1 is 1.50 bits per heavy atom. The highest BCUT2D eigenvalue weighted by molar-refractivity contribution is 5.93. The summed E-state index contributed by atoms with van der Waals surface area (Å²) in [6, 6.07) is 7.49. The van der Waals surface area contributed by atoms with Gasteiger partial charge in [0.2, 0.25) is 0 Å². The zero-order chi connectivity index (χ0) is 16.1. The first-order valence-electron chi connectivity index (χ1n) is 6.36. The molecule has 0 radical (unpaired) electrons. The van der Waals surface area contributed by atoms with E-state index in [2.05, 4.69) is 5.32 Å². The molecule has 2 aromatic rings. The van der Waals surface area contributed by atoms with Gasteiger partial charge in [0.25, 0.3) is 0 Å². The summed E-state index contributed by atoms with van der Waals surface area (Å²) in [5.74, 6) is -0.807. The number of rotatable bonds is 4. The lowest BCUT2D eigenvalue weighted by atomic mass is 10.2. The average Bonchev–Trinajstić information content (AvgIpc) is 2.48. The number of nitrogens with zero attached hydrogens (tertiary/aromatic N) is 1. The van der Waals surface area contributed by atoms with Crippen LogP contribution in [-0.2, 0) is 9.53 Å². The van der Waals surface area contributed by atoms with Crippen LogP contribution in [0.25, 0.3) is 11.0 Å². The third kappa shape index (κ3) is 3.24. The highest BCUT2D eigenvalue weighted by Gasteiger charge is 2.10. The van der Waals surface area contributed by atoms with Crippen LogP contribution in [0.4, 0.5) is 5.69 Å². The van der Waals surface area contributed by atoms with Gasteiger partial charge in [0.05, 0.1) is 6.61 Å². The fourth-order valence-corrected chi connectivity index (χ4v) is 1.70. The smallest absolute Gasteiger partial charge is 0.360 e. The number of carbonyl (C=O) groups is 1. The molecule has 7 nitrogen and oxygen atoms in total. The van der Waals surface area contributed by atoms with E-state index in [0.717, 1.165) is 6.20 Å². The van der Waals surface area contributed by atoms with Crippen molar-refractivity contribution in [1.82, 2.24) is 0 Å². The number of esters is 1. The van der Waals surface area contributed by atoms with Gasteiger partial charge in [0.1, 0.15) is 23.1 Å². The van der Waals surface area contributed by atoms with Crippen molar-refractivity contribution < 1.29 is 19.1 Å². The standard InChI is InChI=1S/C15H12N2O5/c1-2-21-14(19)10(7-16)8-17-12-5-9-3-4-11(18)6-13(9)22-15(12)20/h3-6,8,17-18H,2H2,1H3/b10-8-. The molecule has 0 amide bonds. The van der Waals surface area contributed by atoms with Crippen LogP contribution in [0.1, 0.15) is 6.92 Å². The fraction of sp³-hybridized carbons (Fsp3) is 0.133. The van der Waals surface area contributed by atoms with E-state index in [1.165, 1.54) is 18.2 Å². The van der Waals surface area contributed by atoms with Crippen LogP contribution in [-0.4, -0.2) is 17.7 Å². The molecule has 1 aromatic heterocycles. The number of hydrogen-bond acceptors (Lipinski definition) is 7. The van der Waals surface area contributed by atoms with E-state index in [1.54, 1.807) is 19.1 Å². The molecule has 0 aliphatic heterocycles. The van der Waals surface area contributed by atoms with E-state index in [1.807, 2.05) is 0 Å². The van der Waals surface area contributed by atoms with Gasteiger partial charge in [-0.3, -0.25) is 0 Å². The summed E-state index contributed by atoms with van der Waals surface area (Å²) in [6.45, 7) is 1.76. The molecule has 0 spiro atoms. The van der Waals surface area contributed by atoms with E-state index in [-0.39, 0.29) is 29.2 Å². The van der Waals surface area contributed by atoms with Crippen molar-refractivity contribution in [3.05, 3.63) is 46.5 Å². The Hall–Kier alpha value is -3.27. The number of ether oxygens (including phenoxy) is 1. The van der Waals surface area contributed by atoms with Crippen molar-refractivity contribution in [2.75, 3.05) is 11.9 Å². The minimum atomic E-state index is -0.785. The summed E-state index contributed by atoms with van der Waals surface area (Å²) in [4.78, 5) is 23.2. The first kappa shape index (κ1) is 15.1. The normalized spacial score (nSPS) is 11.0. The van der Waals surface area contributed by atoms with Crippen molar-refractivity contribution in [2.45, 2.75) is 6.92 Å². The zero-order valence-corrected chi connectivity index (χ0v) is 11.6. The van der Waals surface area contributed by atoms with Crippen LogP contribution in [0.15, 0.2) is 45.3 Å². The van der Waals surface area contributed by atoms with Crippen molar-refractivity contribution in [1.29, 1.82) is 5.26 Å². The third-order valence-corrected chi connectivity index (χ3v) is 2.71. The van der Waals surface area contributed by atoms with Gasteiger partial charge >= 0.3 is 11.6 Å². The second-order valence-electron chi connectivity index (χ2n) is 4.20. The van der Waals surface area contributed by atoms with Crippen LogP contribution in [0.3, 0.4) is 0 Å². The number of nitrogens with one attached hydrogen (secondary N) is 1. The van der Waals surface area contributed by atoms with E-state index in [4.69, 9.17) is 14.4 Å². The Labute approximate surface area is 125 Å². The molecule has 0 atom stereocenters. The maximum atomic E-state index is 11.8. The monoisotopic (exact) mass is 300 g/mol. The van der Waals surface area contributed by atoms with Crippen LogP contribution < -0.4 is 10.9 Å². The predicted octanol–water partition coefficient (Wildman–Crippen LogP) is 1.88. The third-order valence-electron chi connectivity index (χ3n) is 2.71. The van der Waals surface area contributed by atoms with E-state index in [0.29, 0.717) is 5.39 Å². The number of hydrogen-bond donors (Lipinski definition) is 2. The molecule has 0 saturated heterocycles. The fourth-order valence-electron chi connectivity index (χ4n) is 1.70. The molecule has 0 bridgehead atoms. The summed E-state index contributed by atoms with van der Waals surface area (Å²) >= 11 is 0. The van der Waals surface area contributed by atoms with Crippen molar-refractivity contribution in [3.8, 4) is 11.8 Å². The maximum absolute atomic E-state index is 11.8. The minimum Gasteiger partial charge on any atom is -0.508 e. The van der Waals surface area contributed by atoms with Gasteiger partial charge in [0, 0.05) is 17.7 Å². The lowest BCUT2D eigenvalue weighted by Crippen LogP contribution is -2.10. The number of carbonyl (C=O) groups excluding carboxylic acids is 1. The topological polar surface area (TPSA) is 113 Å². The quantitative estimate of drug-likeness (QED) is 0.383. The molecule has 0 fully saturated rings. The lowest BCUT2D eigenvalue weighted by Gasteiger charge is -2.03. The van der Waals surface area contributed by atoms with Crippen molar-refractivity contribution in [2.24, 2.45) is 0 Å². The summed E-state index contributed by atoms with van der Waals surface area (Å²) in [6.07, 6.45) is 1.08. The predicted molar refractivity (Wildman–Crippen MR) is 78.1 cm³/mol. The Balaban J connectivity index is 2.34. The highest BCUT2D eigenvalue weighted by atomic mass is 16.5. The van der Waals surface area contributed by atoms with Gasteiger partial charge in [-0.1, -0.05) is 0 Å². The Morgan fingerprint density at radius 3 is 2.95 bits per heavy atom. The first-order chi connectivity index (χ1) is 10.5. The molecule has 1 heterocycles. The molecule has 1 aromatic carbocycles. The molecule has 7 heteroatoms. The molecule has 0 saturated carbocycles. The van der Waals surface area contributed by atoms with Gasteiger partial charge in [-0.25, -0.2) is 9.59 Å². The van der Waals surface area contributed by atoms with Crippen molar-refractivity contribution >= 4 is 22.6 Å². The summed E-state index contributed by atoms with van der Waals surface area (Å²) in [5, 5.41) is 21.3. The molecule has 112 valence electrons. The van der Waals surface area contributed by atoms with Crippen LogP contribution in [0.5, 0.6) is 5.75 Å². The van der Waals surface area contributed by atoms with Crippen LogP contribution >= 0.6 is 0 Å². The van der Waals surface area contributed by atoms with Gasteiger partial charge in [0.15, 0.2) is 5.57 Å². The molecule has 0 unspecified atom stereocenters. The zero-order valence-electron chi connectivity index (χ0n) is 11.6. The largest absolute Gasteiger partial charge is 0.508 e. The minimum absolute atomic E-state index is 0.0228. The second-order valence-corrected chi connectivity index (χ2v) is 4.20. The van der Waals surface area contributed by atoms with E-state index >= 15 is 0 Å².